The Morgan fingerprint density at radius 1 is 0.960 bits per heavy atom. The Morgan fingerprint density at radius 2 is 1.64 bits per heavy atom. The zero-order valence-electron chi connectivity index (χ0n) is 15.5. The van der Waals surface area contributed by atoms with Crippen molar-refractivity contribution in [1.82, 2.24) is 10.6 Å². The molecule has 0 radical (unpaired) electrons. The van der Waals surface area contributed by atoms with Gasteiger partial charge in [0.15, 0.2) is 5.78 Å². The average Bonchev–Trinajstić information content (AvgIpc) is 2.62. The van der Waals surface area contributed by atoms with E-state index in [1.807, 2.05) is 6.92 Å². The van der Waals surface area contributed by atoms with Crippen LogP contribution in [0.5, 0.6) is 0 Å². The number of Topliss-reactive ketones (excluding diaryl/α,β-unsaturated/α-hetero) is 1. The fraction of sp³-hybridized carbons (Fsp3) is 0.833. The van der Waals surface area contributed by atoms with E-state index in [9.17, 15) is 14.4 Å². The normalized spacial score (nSPS) is 20.1. The van der Waals surface area contributed by atoms with Crippen molar-refractivity contribution in [3.8, 4) is 0 Å². The van der Waals surface area contributed by atoms with Gasteiger partial charge in [-0.25, -0.2) is 0 Å². The Hall–Kier alpha value is -1.47. The van der Waals surface area contributed by atoms with E-state index >= 15 is 0 Å². The number of rotatable bonds is 12. The van der Waals surface area contributed by atoms with Crippen molar-refractivity contribution in [3.63, 3.8) is 0 Å². The average molecular weight is 356 g/mol. The van der Waals surface area contributed by atoms with Crippen molar-refractivity contribution in [2.75, 3.05) is 33.0 Å². The number of ether oxygens (including phenoxy) is 2. The second-order valence-electron chi connectivity index (χ2n) is 6.39. The predicted octanol–water partition coefficient (Wildman–Crippen LogP) is 1.20. The number of ketones is 1. The van der Waals surface area contributed by atoms with E-state index in [0.29, 0.717) is 26.2 Å². The van der Waals surface area contributed by atoms with Gasteiger partial charge in [-0.15, -0.1) is 0 Å². The molecule has 0 saturated heterocycles. The van der Waals surface area contributed by atoms with Crippen LogP contribution in [0, 0.1) is 5.92 Å². The van der Waals surface area contributed by atoms with Crippen LogP contribution in [-0.4, -0.2) is 56.6 Å². The van der Waals surface area contributed by atoms with Crippen LogP contribution in [0.15, 0.2) is 0 Å². The first-order chi connectivity index (χ1) is 12.1. The van der Waals surface area contributed by atoms with E-state index in [0.717, 1.165) is 32.1 Å². The lowest BCUT2D eigenvalue weighted by atomic mass is 9.85. The SMILES string of the molecule is CCCOCCOCC(=O)NC1CCC(C(=O)NCC(=O)CC)CC1. The summed E-state index contributed by atoms with van der Waals surface area (Å²) in [6, 6.07) is 0.0914. The lowest BCUT2D eigenvalue weighted by Crippen LogP contribution is -2.42. The molecule has 0 aromatic heterocycles. The minimum Gasteiger partial charge on any atom is -0.379 e. The summed E-state index contributed by atoms with van der Waals surface area (Å²) in [4.78, 5) is 35.1. The molecule has 0 spiro atoms. The van der Waals surface area contributed by atoms with Crippen molar-refractivity contribution in [3.05, 3.63) is 0 Å². The Bertz CT molecular complexity index is 420. The van der Waals surface area contributed by atoms with Gasteiger partial charge >= 0.3 is 0 Å². The minimum absolute atomic E-state index is 0.0365. The Balaban J connectivity index is 2.12. The van der Waals surface area contributed by atoms with Gasteiger partial charge in [-0.1, -0.05) is 13.8 Å². The third-order valence-corrected chi connectivity index (χ3v) is 4.27. The highest BCUT2D eigenvalue weighted by Gasteiger charge is 2.27. The Kier molecular flexibility index (Phi) is 11.1. The molecular weight excluding hydrogens is 324 g/mol. The largest absolute Gasteiger partial charge is 0.379 e. The van der Waals surface area contributed by atoms with Crippen LogP contribution in [0.2, 0.25) is 0 Å². The van der Waals surface area contributed by atoms with Gasteiger partial charge in [0.2, 0.25) is 11.8 Å². The topological polar surface area (TPSA) is 93.7 Å². The van der Waals surface area contributed by atoms with Gasteiger partial charge in [0.05, 0.1) is 19.8 Å². The third kappa shape index (κ3) is 9.55. The summed E-state index contributed by atoms with van der Waals surface area (Å²) in [5.41, 5.74) is 0. The quantitative estimate of drug-likeness (QED) is 0.513. The molecule has 0 aromatic rings. The molecule has 25 heavy (non-hydrogen) atoms. The van der Waals surface area contributed by atoms with Gasteiger partial charge in [-0.2, -0.15) is 0 Å². The molecule has 0 unspecified atom stereocenters. The van der Waals surface area contributed by atoms with Gasteiger partial charge in [0, 0.05) is 25.0 Å². The first-order valence-corrected chi connectivity index (χ1v) is 9.31. The Morgan fingerprint density at radius 3 is 2.28 bits per heavy atom. The van der Waals surface area contributed by atoms with E-state index in [1.165, 1.54) is 0 Å². The van der Waals surface area contributed by atoms with Gasteiger partial charge in [-0.05, 0) is 32.1 Å². The molecule has 7 heteroatoms. The predicted molar refractivity (Wildman–Crippen MR) is 94.1 cm³/mol. The molecule has 1 aliphatic carbocycles. The summed E-state index contributed by atoms with van der Waals surface area (Å²) in [6.45, 7) is 5.60. The maximum atomic E-state index is 12.0. The number of carbonyl (C=O) groups excluding carboxylic acids is 3. The number of amides is 2. The van der Waals surface area contributed by atoms with E-state index in [-0.39, 0.29) is 42.7 Å². The van der Waals surface area contributed by atoms with Crippen molar-refractivity contribution in [1.29, 1.82) is 0 Å². The van der Waals surface area contributed by atoms with E-state index in [1.54, 1.807) is 6.92 Å². The number of carbonyl (C=O) groups is 3. The zero-order chi connectivity index (χ0) is 18.5. The summed E-state index contributed by atoms with van der Waals surface area (Å²) < 4.78 is 10.5. The van der Waals surface area contributed by atoms with Crippen molar-refractivity contribution in [2.45, 2.75) is 58.4 Å². The summed E-state index contributed by atoms with van der Waals surface area (Å²) in [7, 11) is 0. The van der Waals surface area contributed by atoms with E-state index in [2.05, 4.69) is 10.6 Å². The summed E-state index contributed by atoms with van der Waals surface area (Å²) in [6.07, 6.45) is 4.39. The van der Waals surface area contributed by atoms with Gasteiger partial charge in [0.25, 0.3) is 0 Å². The van der Waals surface area contributed by atoms with Crippen LogP contribution >= 0.6 is 0 Å². The molecule has 7 nitrogen and oxygen atoms in total. The standard InChI is InChI=1S/C18H32N2O5/c1-3-9-24-10-11-25-13-17(22)20-15-7-5-14(6-8-15)18(23)19-12-16(21)4-2/h14-15H,3-13H2,1-2H3,(H,19,23)(H,20,22). The van der Waals surface area contributed by atoms with Crippen LogP contribution in [0.3, 0.4) is 0 Å². The minimum atomic E-state index is -0.128. The molecule has 1 aliphatic rings. The lowest BCUT2D eigenvalue weighted by Gasteiger charge is -2.28. The summed E-state index contributed by atoms with van der Waals surface area (Å²) in [5.74, 6) is -0.210. The van der Waals surface area contributed by atoms with Crippen LogP contribution in [-0.2, 0) is 23.9 Å². The molecule has 2 amide bonds. The van der Waals surface area contributed by atoms with Gasteiger partial charge in [-0.3, -0.25) is 14.4 Å². The molecule has 1 rings (SSSR count). The molecule has 0 aliphatic heterocycles. The van der Waals surface area contributed by atoms with E-state index in [4.69, 9.17) is 9.47 Å². The second-order valence-corrected chi connectivity index (χ2v) is 6.39. The molecule has 0 atom stereocenters. The fourth-order valence-electron chi connectivity index (χ4n) is 2.75. The van der Waals surface area contributed by atoms with Gasteiger partial charge < -0.3 is 20.1 Å². The maximum Gasteiger partial charge on any atom is 0.246 e. The lowest BCUT2D eigenvalue weighted by molar-refractivity contribution is -0.129. The first kappa shape index (κ1) is 21.6. The highest BCUT2D eigenvalue weighted by atomic mass is 16.5. The summed E-state index contributed by atoms with van der Waals surface area (Å²) >= 11 is 0. The Labute approximate surface area is 150 Å². The molecule has 0 bridgehead atoms. The van der Waals surface area contributed by atoms with Crippen molar-refractivity contribution in [2.24, 2.45) is 5.92 Å². The first-order valence-electron chi connectivity index (χ1n) is 9.31. The fourth-order valence-corrected chi connectivity index (χ4v) is 2.75. The van der Waals surface area contributed by atoms with E-state index < -0.39 is 0 Å². The summed E-state index contributed by atoms with van der Waals surface area (Å²) in [5, 5.41) is 5.65. The van der Waals surface area contributed by atoms with Gasteiger partial charge in [0.1, 0.15) is 6.61 Å². The maximum absolute atomic E-state index is 12.0. The number of nitrogens with one attached hydrogen (secondary N) is 2. The highest BCUT2D eigenvalue weighted by Crippen LogP contribution is 2.24. The van der Waals surface area contributed by atoms with Crippen LogP contribution in [0.1, 0.15) is 52.4 Å². The molecule has 2 N–H and O–H groups in total. The molecule has 144 valence electrons. The zero-order valence-corrected chi connectivity index (χ0v) is 15.5. The van der Waals surface area contributed by atoms with Crippen molar-refractivity contribution >= 4 is 17.6 Å². The van der Waals surface area contributed by atoms with Crippen LogP contribution in [0.25, 0.3) is 0 Å². The molecule has 0 aromatic carbocycles. The molecule has 0 heterocycles. The van der Waals surface area contributed by atoms with Crippen LogP contribution < -0.4 is 10.6 Å². The molecule has 1 fully saturated rings. The molecular formula is C18H32N2O5. The van der Waals surface area contributed by atoms with Crippen LogP contribution in [0.4, 0.5) is 0 Å². The number of hydrogen-bond acceptors (Lipinski definition) is 5. The molecule has 1 saturated carbocycles. The smallest absolute Gasteiger partial charge is 0.246 e. The highest BCUT2D eigenvalue weighted by molar-refractivity contribution is 5.86. The third-order valence-electron chi connectivity index (χ3n) is 4.27. The number of hydrogen-bond donors (Lipinski definition) is 2. The van der Waals surface area contributed by atoms with Crippen molar-refractivity contribution < 1.29 is 23.9 Å². The monoisotopic (exact) mass is 356 g/mol. The second kappa shape index (κ2) is 12.8.